The van der Waals surface area contributed by atoms with E-state index in [0.717, 1.165) is 48.6 Å². The average Bonchev–Trinajstić information content (AvgIpc) is 2.73. The molecule has 168 valence electrons. The lowest BCUT2D eigenvalue weighted by atomic mass is 9.93. The van der Waals surface area contributed by atoms with Crippen molar-refractivity contribution in [2.45, 2.75) is 95.8 Å². The summed E-state index contributed by atoms with van der Waals surface area (Å²) >= 11 is 0. The lowest BCUT2D eigenvalue weighted by Gasteiger charge is -2.17. The van der Waals surface area contributed by atoms with E-state index in [9.17, 15) is 13.0 Å². The summed E-state index contributed by atoms with van der Waals surface area (Å²) in [5, 5.41) is 1.54. The van der Waals surface area contributed by atoms with Crippen LogP contribution in [0.15, 0.2) is 35.2 Å². The molecule has 30 heavy (non-hydrogen) atoms. The monoisotopic (exact) mass is 434 g/mol. The highest BCUT2D eigenvalue weighted by Gasteiger charge is 2.22. The van der Waals surface area contributed by atoms with Crippen molar-refractivity contribution in [3.8, 4) is 0 Å². The van der Waals surface area contributed by atoms with Gasteiger partial charge < -0.3 is 4.79 Å². The van der Waals surface area contributed by atoms with Crippen LogP contribution in [0.1, 0.15) is 89.2 Å². The fraction of sp³-hybridized carbons (Fsp3) is 0.560. The first kappa shape index (κ1) is 26.3. The third-order valence-electron chi connectivity index (χ3n) is 5.53. The molecule has 0 aliphatic rings. The molecule has 2 rings (SSSR count). The standard InChI is InChI=1S/C24H36O3S.CH2O/c1-3-5-7-9-11-15-20-19-21-16-13-14-18-23(21)24(28(25,26)27)22(20)17-12-10-8-6-4-2;1-2/h13-14,16,18-19H,3-12,15,17H2,1-2H3,(H,25,26,27);1H2. The molecule has 1 N–H and O–H groups in total. The number of rotatable bonds is 13. The maximum Gasteiger partial charge on any atom is 0.295 e. The highest BCUT2D eigenvalue weighted by molar-refractivity contribution is 7.86. The summed E-state index contributed by atoms with van der Waals surface area (Å²) in [6.07, 6.45) is 13.1. The first-order chi connectivity index (χ1) is 14.5. The first-order valence-corrected chi connectivity index (χ1v) is 12.7. The van der Waals surface area contributed by atoms with E-state index in [1.54, 1.807) is 0 Å². The zero-order valence-electron chi connectivity index (χ0n) is 18.7. The lowest BCUT2D eigenvalue weighted by molar-refractivity contribution is -0.0980. The molecule has 0 spiro atoms. The molecule has 2 aromatic carbocycles. The number of hydrogen-bond donors (Lipinski definition) is 1. The normalized spacial score (nSPS) is 11.3. The molecule has 0 radical (unpaired) electrons. The van der Waals surface area contributed by atoms with Crippen molar-refractivity contribution in [3.63, 3.8) is 0 Å². The fourth-order valence-electron chi connectivity index (χ4n) is 4.03. The molecule has 0 aromatic heterocycles. The molecule has 0 fully saturated rings. The number of hydrogen-bond acceptors (Lipinski definition) is 3. The van der Waals surface area contributed by atoms with Crippen LogP contribution in [0.3, 0.4) is 0 Å². The van der Waals surface area contributed by atoms with E-state index in [1.807, 2.05) is 31.1 Å². The van der Waals surface area contributed by atoms with Crippen LogP contribution in [0.4, 0.5) is 0 Å². The molecule has 0 saturated heterocycles. The van der Waals surface area contributed by atoms with Crippen molar-refractivity contribution in [3.05, 3.63) is 41.5 Å². The highest BCUT2D eigenvalue weighted by atomic mass is 32.2. The van der Waals surface area contributed by atoms with Crippen LogP contribution >= 0.6 is 0 Å². The Morgan fingerprint density at radius 3 is 1.90 bits per heavy atom. The lowest BCUT2D eigenvalue weighted by Crippen LogP contribution is -2.08. The molecule has 2 aromatic rings. The molecular formula is C25H38O4S. The van der Waals surface area contributed by atoms with Gasteiger partial charge in [-0.3, -0.25) is 4.55 Å². The van der Waals surface area contributed by atoms with E-state index < -0.39 is 10.1 Å². The average molecular weight is 435 g/mol. The van der Waals surface area contributed by atoms with Crippen molar-refractivity contribution < 1.29 is 17.8 Å². The second kappa shape index (κ2) is 14.3. The van der Waals surface area contributed by atoms with Gasteiger partial charge in [0, 0.05) is 5.39 Å². The Labute approximate surface area is 182 Å². The molecule has 0 aliphatic heterocycles. The molecule has 4 nitrogen and oxygen atoms in total. The third-order valence-corrected chi connectivity index (χ3v) is 6.52. The van der Waals surface area contributed by atoms with Crippen molar-refractivity contribution in [1.82, 2.24) is 0 Å². The van der Waals surface area contributed by atoms with Gasteiger partial charge >= 0.3 is 0 Å². The van der Waals surface area contributed by atoms with Gasteiger partial charge in [-0.15, -0.1) is 0 Å². The van der Waals surface area contributed by atoms with Crippen molar-refractivity contribution >= 4 is 27.7 Å². The Kier molecular flexibility index (Phi) is 12.6. The SMILES string of the molecule is C=O.CCCCCCCc1cc2ccccc2c(S(=O)(=O)O)c1CCCCCCC. The summed E-state index contributed by atoms with van der Waals surface area (Å²) in [5.74, 6) is 0. The van der Waals surface area contributed by atoms with Gasteiger partial charge in [0.15, 0.2) is 0 Å². The predicted octanol–water partition coefficient (Wildman–Crippen LogP) is 6.93. The van der Waals surface area contributed by atoms with Crippen LogP contribution in [0.2, 0.25) is 0 Å². The number of unbranched alkanes of at least 4 members (excludes halogenated alkanes) is 8. The molecule has 0 heterocycles. The zero-order valence-corrected chi connectivity index (χ0v) is 19.5. The number of carbonyl (C=O) groups is 1. The van der Waals surface area contributed by atoms with Crippen LogP contribution in [0, 0.1) is 0 Å². The maximum absolute atomic E-state index is 12.3. The summed E-state index contributed by atoms with van der Waals surface area (Å²) in [6, 6.07) is 9.66. The molecule has 0 unspecified atom stereocenters. The summed E-state index contributed by atoms with van der Waals surface area (Å²) in [6.45, 7) is 6.40. The second-order valence-corrected chi connectivity index (χ2v) is 9.23. The van der Waals surface area contributed by atoms with Crippen molar-refractivity contribution in [1.29, 1.82) is 0 Å². The number of carbonyl (C=O) groups excluding carboxylic acids is 1. The summed E-state index contributed by atoms with van der Waals surface area (Å²) in [4.78, 5) is 8.14. The largest absolute Gasteiger partial charge is 0.307 e. The number of fused-ring (bicyclic) bond motifs is 1. The molecule has 0 bridgehead atoms. The van der Waals surface area contributed by atoms with Gasteiger partial charge in [-0.25, -0.2) is 0 Å². The minimum absolute atomic E-state index is 0.143. The number of benzene rings is 2. The smallest absolute Gasteiger partial charge is 0.295 e. The Morgan fingerprint density at radius 2 is 1.33 bits per heavy atom. The van der Waals surface area contributed by atoms with E-state index in [1.165, 1.54) is 38.5 Å². The maximum atomic E-state index is 12.3. The topological polar surface area (TPSA) is 71.4 Å². The Bertz CT molecular complexity index is 859. The molecule has 0 saturated carbocycles. The predicted molar refractivity (Wildman–Crippen MR) is 126 cm³/mol. The van der Waals surface area contributed by atoms with Gasteiger partial charge in [-0.05, 0) is 42.2 Å². The van der Waals surface area contributed by atoms with Crippen molar-refractivity contribution in [2.75, 3.05) is 0 Å². The second-order valence-electron chi connectivity index (χ2n) is 7.87. The minimum Gasteiger partial charge on any atom is -0.307 e. The van der Waals surface area contributed by atoms with Gasteiger partial charge in [0.25, 0.3) is 10.1 Å². The van der Waals surface area contributed by atoms with Crippen molar-refractivity contribution in [2.24, 2.45) is 0 Å². The van der Waals surface area contributed by atoms with Gasteiger partial charge in [0.1, 0.15) is 11.7 Å². The van der Waals surface area contributed by atoms with Gasteiger partial charge in [-0.1, -0.05) is 95.5 Å². The third kappa shape index (κ3) is 8.19. The fourth-order valence-corrected chi connectivity index (χ4v) is 5.04. The minimum atomic E-state index is -4.27. The summed E-state index contributed by atoms with van der Waals surface area (Å²) in [7, 11) is -4.27. The molecule has 0 atom stereocenters. The quantitative estimate of drug-likeness (QED) is 0.274. The molecule has 5 heteroatoms. The van der Waals surface area contributed by atoms with Crippen LogP contribution in [-0.4, -0.2) is 19.8 Å². The zero-order chi connectivity index (χ0) is 22.4. The Morgan fingerprint density at radius 1 is 0.800 bits per heavy atom. The van der Waals surface area contributed by atoms with E-state index in [-0.39, 0.29) is 4.90 Å². The Hall–Kier alpha value is -1.72. The highest BCUT2D eigenvalue weighted by Crippen LogP contribution is 2.32. The van der Waals surface area contributed by atoms with Gasteiger partial charge in [-0.2, -0.15) is 8.42 Å². The number of aryl methyl sites for hydroxylation is 1. The van der Waals surface area contributed by atoms with E-state index in [4.69, 9.17) is 4.79 Å². The van der Waals surface area contributed by atoms with Gasteiger partial charge in [0.2, 0.25) is 0 Å². The van der Waals surface area contributed by atoms with E-state index in [2.05, 4.69) is 19.9 Å². The van der Waals surface area contributed by atoms with E-state index in [0.29, 0.717) is 11.8 Å². The molecule has 0 aliphatic carbocycles. The summed E-state index contributed by atoms with van der Waals surface area (Å²) in [5.41, 5.74) is 1.94. The molecule has 0 amide bonds. The van der Waals surface area contributed by atoms with Crippen LogP contribution in [0.25, 0.3) is 10.8 Å². The first-order valence-electron chi connectivity index (χ1n) is 11.3. The Balaban J connectivity index is 0.00000218. The van der Waals surface area contributed by atoms with Crippen LogP contribution in [0.5, 0.6) is 0 Å². The van der Waals surface area contributed by atoms with Gasteiger partial charge in [0.05, 0.1) is 0 Å². The van der Waals surface area contributed by atoms with E-state index >= 15 is 0 Å². The summed E-state index contributed by atoms with van der Waals surface area (Å²) < 4.78 is 34.7. The van der Waals surface area contributed by atoms with Crippen LogP contribution < -0.4 is 0 Å². The van der Waals surface area contributed by atoms with Crippen LogP contribution in [-0.2, 0) is 27.8 Å². The molecular weight excluding hydrogens is 396 g/mol.